The lowest BCUT2D eigenvalue weighted by atomic mass is 10.1. The molecular formula is C26H43N7O6. The number of nitrogens with one attached hydrogen (secondary N) is 5. The van der Waals surface area contributed by atoms with Crippen LogP contribution in [-0.4, -0.2) is 81.1 Å². The Morgan fingerprint density at radius 1 is 0.974 bits per heavy atom. The van der Waals surface area contributed by atoms with Gasteiger partial charge in [0, 0.05) is 38.8 Å². The summed E-state index contributed by atoms with van der Waals surface area (Å²) < 4.78 is 5.28. The Morgan fingerprint density at radius 2 is 1.67 bits per heavy atom. The number of likely N-dealkylation sites (N-methyl/N-ethyl adjacent to an activating group) is 2. The molecule has 0 spiro atoms. The number of carbonyl (C=O) groups excluding carboxylic acids is 5. The lowest BCUT2D eigenvalue weighted by Crippen LogP contribution is -2.47. The molecule has 13 heteroatoms. The van der Waals surface area contributed by atoms with Gasteiger partial charge in [0.2, 0.25) is 17.7 Å². The summed E-state index contributed by atoms with van der Waals surface area (Å²) in [5.41, 5.74) is 6.29. The number of nitrogens with two attached hydrogens (primary N) is 1. The molecule has 0 aliphatic rings. The van der Waals surface area contributed by atoms with Crippen LogP contribution in [0.15, 0.2) is 24.3 Å². The molecule has 1 rings (SSSR count). The first-order chi connectivity index (χ1) is 18.5. The molecule has 0 heterocycles. The maximum absolute atomic E-state index is 12.9. The van der Waals surface area contributed by atoms with Gasteiger partial charge < -0.3 is 42.0 Å². The Kier molecular flexibility index (Phi) is 15.6. The van der Waals surface area contributed by atoms with Gasteiger partial charge in [0.1, 0.15) is 12.6 Å². The molecule has 0 aliphatic heterocycles. The third-order valence-corrected chi connectivity index (χ3v) is 5.61. The normalized spacial score (nSPS) is 11.3. The summed E-state index contributed by atoms with van der Waals surface area (Å²) in [4.78, 5) is 61.7. The Balaban J connectivity index is 2.67. The van der Waals surface area contributed by atoms with Crippen LogP contribution in [-0.2, 0) is 25.7 Å². The lowest BCUT2D eigenvalue weighted by Gasteiger charge is -2.19. The average molecular weight is 550 g/mol. The number of amides is 6. The number of rotatable bonds is 17. The van der Waals surface area contributed by atoms with Gasteiger partial charge >= 0.3 is 12.1 Å². The third-order valence-electron chi connectivity index (χ3n) is 5.61. The summed E-state index contributed by atoms with van der Waals surface area (Å²) in [6.07, 6.45) is 1.20. The molecule has 0 saturated carbocycles. The molecule has 0 aliphatic carbocycles. The molecule has 218 valence electrons. The Bertz CT molecular complexity index is 939. The van der Waals surface area contributed by atoms with E-state index in [1.54, 1.807) is 38.4 Å². The van der Waals surface area contributed by atoms with E-state index in [2.05, 4.69) is 26.6 Å². The Hall–Kier alpha value is -3.87. The highest BCUT2D eigenvalue weighted by Crippen LogP contribution is 2.12. The summed E-state index contributed by atoms with van der Waals surface area (Å²) in [6, 6.07) is 5.16. The van der Waals surface area contributed by atoms with Gasteiger partial charge in [-0.2, -0.15) is 0 Å². The SMILES string of the molecule is CNCCN(C)C(=O)OCc1ccc(NC(=O)C(CCCNC(N)=O)NC(=O)CNC(=O)CCC(C)C)cc1. The second kappa shape index (κ2) is 18.4. The number of hydrogen-bond donors (Lipinski definition) is 6. The van der Waals surface area contributed by atoms with Crippen LogP contribution in [0.3, 0.4) is 0 Å². The van der Waals surface area contributed by atoms with E-state index >= 15 is 0 Å². The number of ether oxygens (including phenoxy) is 1. The molecule has 0 bridgehead atoms. The van der Waals surface area contributed by atoms with Gasteiger partial charge in [-0.25, -0.2) is 9.59 Å². The highest BCUT2D eigenvalue weighted by molar-refractivity contribution is 5.97. The fourth-order valence-electron chi connectivity index (χ4n) is 3.26. The van der Waals surface area contributed by atoms with Gasteiger partial charge in [0.05, 0.1) is 6.54 Å². The number of anilines is 1. The van der Waals surface area contributed by atoms with Crippen molar-refractivity contribution in [3.63, 3.8) is 0 Å². The standard InChI is InChI=1S/C26H43N7O6/c1-18(2)7-12-22(34)30-16-23(35)32-21(6-5-13-29-25(27)37)24(36)31-20-10-8-19(9-11-20)17-39-26(38)33(4)15-14-28-3/h8-11,18,21,28H,5-7,12-17H2,1-4H3,(H,30,34)(H,31,36)(H,32,35)(H3,27,29,37). The van der Waals surface area contributed by atoms with Gasteiger partial charge in [-0.1, -0.05) is 26.0 Å². The van der Waals surface area contributed by atoms with Crippen LogP contribution in [0.1, 0.15) is 45.1 Å². The van der Waals surface area contributed by atoms with Crippen LogP contribution in [0, 0.1) is 5.92 Å². The number of carbonyl (C=O) groups is 5. The van der Waals surface area contributed by atoms with Crippen molar-refractivity contribution in [2.75, 3.05) is 45.6 Å². The van der Waals surface area contributed by atoms with Crippen molar-refractivity contribution in [1.29, 1.82) is 0 Å². The lowest BCUT2D eigenvalue weighted by molar-refractivity contribution is -0.128. The van der Waals surface area contributed by atoms with Gasteiger partial charge in [-0.05, 0) is 49.9 Å². The monoisotopic (exact) mass is 549 g/mol. The average Bonchev–Trinajstić information content (AvgIpc) is 2.90. The van der Waals surface area contributed by atoms with Gasteiger partial charge in [-0.3, -0.25) is 14.4 Å². The molecule has 0 radical (unpaired) electrons. The summed E-state index contributed by atoms with van der Waals surface area (Å²) >= 11 is 0. The molecule has 0 fully saturated rings. The van der Waals surface area contributed by atoms with E-state index in [-0.39, 0.29) is 32.0 Å². The first kappa shape index (κ1) is 33.2. The van der Waals surface area contributed by atoms with E-state index in [1.165, 1.54) is 4.90 Å². The maximum Gasteiger partial charge on any atom is 0.409 e. The van der Waals surface area contributed by atoms with Crippen LogP contribution in [0.2, 0.25) is 0 Å². The highest BCUT2D eigenvalue weighted by atomic mass is 16.6. The van der Waals surface area contributed by atoms with E-state index in [9.17, 15) is 24.0 Å². The number of primary amides is 1. The van der Waals surface area contributed by atoms with Crippen molar-refractivity contribution in [3.8, 4) is 0 Å². The summed E-state index contributed by atoms with van der Waals surface area (Å²) in [5.74, 6) is -0.835. The summed E-state index contributed by atoms with van der Waals surface area (Å²) in [7, 11) is 3.45. The topological polar surface area (TPSA) is 184 Å². The van der Waals surface area contributed by atoms with Crippen LogP contribution in [0.25, 0.3) is 0 Å². The van der Waals surface area contributed by atoms with Gasteiger partial charge in [0.15, 0.2) is 0 Å². The maximum atomic E-state index is 12.9. The predicted molar refractivity (Wildman–Crippen MR) is 148 cm³/mol. The van der Waals surface area contributed by atoms with Crippen molar-refractivity contribution >= 4 is 35.5 Å². The highest BCUT2D eigenvalue weighted by Gasteiger charge is 2.21. The minimum atomic E-state index is -0.909. The largest absolute Gasteiger partial charge is 0.445 e. The fraction of sp³-hybridized carbons (Fsp3) is 0.577. The summed E-state index contributed by atoms with van der Waals surface area (Å²) in [6.45, 7) is 5.23. The molecule has 1 aromatic rings. The van der Waals surface area contributed by atoms with Crippen molar-refractivity contribution in [3.05, 3.63) is 29.8 Å². The molecule has 7 N–H and O–H groups in total. The van der Waals surface area contributed by atoms with Crippen LogP contribution < -0.4 is 32.3 Å². The molecular weight excluding hydrogens is 506 g/mol. The third kappa shape index (κ3) is 15.2. The molecule has 6 amide bonds. The zero-order chi connectivity index (χ0) is 29.2. The fourth-order valence-corrected chi connectivity index (χ4v) is 3.26. The van der Waals surface area contributed by atoms with Crippen molar-refractivity contribution in [2.45, 2.75) is 52.2 Å². The van der Waals surface area contributed by atoms with Crippen molar-refractivity contribution in [1.82, 2.24) is 26.2 Å². The first-order valence-corrected chi connectivity index (χ1v) is 13.0. The van der Waals surface area contributed by atoms with E-state index in [4.69, 9.17) is 10.5 Å². The van der Waals surface area contributed by atoms with Gasteiger partial charge in [0.25, 0.3) is 0 Å². The quantitative estimate of drug-likeness (QED) is 0.156. The number of benzene rings is 1. The number of urea groups is 1. The van der Waals surface area contributed by atoms with Crippen LogP contribution >= 0.6 is 0 Å². The number of hydrogen-bond acceptors (Lipinski definition) is 7. The first-order valence-electron chi connectivity index (χ1n) is 13.0. The van der Waals surface area contributed by atoms with Crippen molar-refractivity contribution < 1.29 is 28.7 Å². The van der Waals surface area contributed by atoms with E-state index < -0.39 is 30.0 Å². The molecule has 0 saturated heterocycles. The molecule has 1 unspecified atom stereocenters. The molecule has 39 heavy (non-hydrogen) atoms. The molecule has 0 aromatic heterocycles. The van der Waals surface area contributed by atoms with Gasteiger partial charge in [-0.15, -0.1) is 0 Å². The van der Waals surface area contributed by atoms with Crippen LogP contribution in [0.5, 0.6) is 0 Å². The molecule has 13 nitrogen and oxygen atoms in total. The number of nitrogens with zero attached hydrogens (tertiary/aromatic N) is 1. The van der Waals surface area contributed by atoms with E-state index in [0.29, 0.717) is 44.0 Å². The summed E-state index contributed by atoms with van der Waals surface area (Å²) in [5, 5.41) is 13.4. The Labute approximate surface area is 230 Å². The van der Waals surface area contributed by atoms with E-state index in [1.807, 2.05) is 13.8 Å². The smallest absolute Gasteiger partial charge is 0.409 e. The zero-order valence-electron chi connectivity index (χ0n) is 23.3. The van der Waals surface area contributed by atoms with E-state index in [0.717, 1.165) is 5.56 Å². The Morgan fingerprint density at radius 3 is 2.28 bits per heavy atom. The second-order valence-corrected chi connectivity index (χ2v) is 9.53. The minimum absolute atomic E-state index is 0.0748. The predicted octanol–water partition coefficient (Wildman–Crippen LogP) is 0.899. The van der Waals surface area contributed by atoms with Crippen molar-refractivity contribution in [2.24, 2.45) is 11.7 Å². The minimum Gasteiger partial charge on any atom is -0.445 e. The molecule has 1 aromatic carbocycles. The van der Waals surface area contributed by atoms with Crippen LogP contribution in [0.4, 0.5) is 15.3 Å². The second-order valence-electron chi connectivity index (χ2n) is 9.53. The zero-order valence-corrected chi connectivity index (χ0v) is 23.3. The molecule has 1 atom stereocenters.